The molecule has 1 aromatic carbocycles. The van der Waals surface area contributed by atoms with E-state index >= 15 is 0 Å². The molecule has 218 valence electrons. The Hall–Kier alpha value is -3.22. The average Bonchev–Trinajstić information content (AvgIpc) is 3.39. The Bertz CT molecular complexity index is 1450. The summed E-state index contributed by atoms with van der Waals surface area (Å²) in [7, 11) is 2.99. The van der Waals surface area contributed by atoms with E-state index in [4.69, 9.17) is 47.4 Å². The van der Waals surface area contributed by atoms with Gasteiger partial charge in [-0.05, 0) is 12.1 Å². The fourth-order valence-electron chi connectivity index (χ4n) is 5.18. The molecular weight excluding hydrogens is 573 g/mol. The van der Waals surface area contributed by atoms with Crippen molar-refractivity contribution in [3.8, 4) is 22.8 Å². The summed E-state index contributed by atoms with van der Waals surface area (Å²) in [6, 6.07) is 3.23. The monoisotopic (exact) mass is 603 g/mol. The number of aliphatic hydroxyl groups is 2. The van der Waals surface area contributed by atoms with Gasteiger partial charge in [-0.3, -0.25) is 4.79 Å². The molecule has 0 aliphatic carbocycles. The molecule has 11 nitrogen and oxygen atoms in total. The minimum atomic E-state index is -0.654. The summed E-state index contributed by atoms with van der Waals surface area (Å²) in [6.07, 6.45) is 3.30. The van der Waals surface area contributed by atoms with Crippen molar-refractivity contribution < 1.29 is 29.2 Å². The van der Waals surface area contributed by atoms with Crippen LogP contribution in [0.15, 0.2) is 31.0 Å². The third kappa shape index (κ3) is 5.52. The number of benzene rings is 1. The maximum atomic E-state index is 12.0. The lowest BCUT2D eigenvalue weighted by molar-refractivity contribution is -0.115. The number of ketones is 1. The lowest BCUT2D eigenvalue weighted by Gasteiger charge is -2.49. The maximum Gasteiger partial charge on any atom is 0.223 e. The van der Waals surface area contributed by atoms with E-state index in [0.717, 1.165) is 0 Å². The van der Waals surface area contributed by atoms with E-state index in [1.165, 1.54) is 20.3 Å². The van der Waals surface area contributed by atoms with Crippen molar-refractivity contribution in [2.24, 2.45) is 11.3 Å². The van der Waals surface area contributed by atoms with Crippen LogP contribution in [0.5, 0.6) is 11.5 Å². The third-order valence-corrected chi connectivity index (χ3v) is 8.35. The van der Waals surface area contributed by atoms with Crippen molar-refractivity contribution in [1.29, 1.82) is 0 Å². The quantitative estimate of drug-likeness (QED) is 0.278. The molecular formula is C28H31Cl2N5O6. The number of carbonyl (C=O) groups excluding carboxylic acids is 1. The van der Waals surface area contributed by atoms with E-state index < -0.39 is 5.41 Å². The van der Waals surface area contributed by atoms with Gasteiger partial charge in [0.15, 0.2) is 11.6 Å². The fraction of sp³-hybridized carbons (Fsp3) is 0.429. The van der Waals surface area contributed by atoms with Crippen LogP contribution < -0.4 is 19.7 Å². The van der Waals surface area contributed by atoms with E-state index in [1.807, 2.05) is 4.90 Å². The molecule has 0 saturated carbocycles. The Kier molecular flexibility index (Phi) is 8.53. The molecule has 41 heavy (non-hydrogen) atoms. The number of methoxy groups -OCH3 is 2. The van der Waals surface area contributed by atoms with Crippen LogP contribution in [-0.4, -0.2) is 90.7 Å². The van der Waals surface area contributed by atoms with Gasteiger partial charge in [0.1, 0.15) is 17.0 Å². The van der Waals surface area contributed by atoms with Gasteiger partial charge in [0.2, 0.25) is 5.95 Å². The first-order chi connectivity index (χ1) is 19.8. The van der Waals surface area contributed by atoms with E-state index in [1.54, 1.807) is 18.3 Å². The highest BCUT2D eigenvalue weighted by atomic mass is 35.5. The predicted octanol–water partition coefficient (Wildman–Crippen LogP) is 3.38. The summed E-state index contributed by atoms with van der Waals surface area (Å²) in [5.74, 6) is 1.51. The molecule has 0 spiro atoms. The Morgan fingerprint density at radius 1 is 1.17 bits per heavy atom. The van der Waals surface area contributed by atoms with Crippen molar-refractivity contribution in [3.05, 3.63) is 41.0 Å². The van der Waals surface area contributed by atoms with Crippen molar-refractivity contribution >= 4 is 51.7 Å². The largest absolute Gasteiger partial charge is 0.495 e. The summed E-state index contributed by atoms with van der Waals surface area (Å²) in [6.45, 7) is 4.81. The van der Waals surface area contributed by atoms with Crippen LogP contribution >= 0.6 is 23.2 Å². The molecule has 0 unspecified atom stereocenters. The van der Waals surface area contributed by atoms with Gasteiger partial charge in [-0.1, -0.05) is 29.8 Å². The van der Waals surface area contributed by atoms with Gasteiger partial charge in [0.25, 0.3) is 0 Å². The average molecular weight is 604 g/mol. The minimum absolute atomic E-state index is 0.0443. The van der Waals surface area contributed by atoms with E-state index in [-0.39, 0.29) is 41.0 Å². The SMILES string of the molecule is C=CC(=O)C[C@H]1COC[C@H]1Nc1ncc2cc(-c3c(Cl)c(OC)cc(OC)c3Cl)nc(N3CC(CO)(CO)C3)c2n1. The number of fused-ring (bicyclic) bond motifs is 1. The van der Waals surface area contributed by atoms with Crippen LogP contribution in [0, 0.1) is 11.3 Å². The zero-order valence-corrected chi connectivity index (χ0v) is 24.2. The fourth-order valence-corrected chi connectivity index (χ4v) is 5.88. The molecule has 5 rings (SSSR count). The van der Waals surface area contributed by atoms with Gasteiger partial charge in [0.05, 0.1) is 67.8 Å². The highest BCUT2D eigenvalue weighted by Crippen LogP contribution is 2.47. The van der Waals surface area contributed by atoms with Crippen molar-refractivity contribution in [1.82, 2.24) is 15.0 Å². The Balaban J connectivity index is 1.59. The molecule has 0 amide bonds. The van der Waals surface area contributed by atoms with E-state index in [0.29, 0.717) is 78.1 Å². The summed E-state index contributed by atoms with van der Waals surface area (Å²) in [5.41, 5.74) is 0.764. The van der Waals surface area contributed by atoms with Crippen LogP contribution in [0.25, 0.3) is 22.2 Å². The lowest BCUT2D eigenvalue weighted by Crippen LogP contribution is -2.60. The molecule has 2 fully saturated rings. The number of anilines is 2. The zero-order valence-electron chi connectivity index (χ0n) is 22.7. The highest BCUT2D eigenvalue weighted by molar-refractivity contribution is 6.41. The summed E-state index contributed by atoms with van der Waals surface area (Å²) >= 11 is 13.4. The smallest absolute Gasteiger partial charge is 0.223 e. The number of halogens is 2. The number of carbonyl (C=O) groups is 1. The first-order valence-corrected chi connectivity index (χ1v) is 13.8. The summed E-state index contributed by atoms with van der Waals surface area (Å²) < 4.78 is 16.5. The van der Waals surface area contributed by atoms with Crippen molar-refractivity contribution in [2.45, 2.75) is 12.5 Å². The second kappa shape index (κ2) is 11.9. The molecule has 13 heteroatoms. The van der Waals surface area contributed by atoms with Gasteiger partial charge in [0, 0.05) is 48.6 Å². The molecule has 0 radical (unpaired) electrons. The van der Waals surface area contributed by atoms with Gasteiger partial charge >= 0.3 is 0 Å². The normalized spacial score (nSPS) is 19.6. The van der Waals surface area contributed by atoms with Gasteiger partial charge < -0.3 is 34.6 Å². The summed E-state index contributed by atoms with van der Waals surface area (Å²) in [5, 5.41) is 24.3. The Morgan fingerprint density at radius 2 is 1.85 bits per heavy atom. The molecule has 3 aromatic rings. The van der Waals surface area contributed by atoms with Crippen LogP contribution in [0.4, 0.5) is 11.8 Å². The number of aliphatic hydroxyl groups excluding tert-OH is 2. The number of allylic oxidation sites excluding steroid dienone is 1. The van der Waals surface area contributed by atoms with Crippen molar-refractivity contribution in [3.63, 3.8) is 0 Å². The molecule has 0 bridgehead atoms. The van der Waals surface area contributed by atoms with Crippen LogP contribution in [0.1, 0.15) is 6.42 Å². The number of hydrogen-bond donors (Lipinski definition) is 3. The number of hydrogen-bond acceptors (Lipinski definition) is 11. The van der Waals surface area contributed by atoms with Crippen LogP contribution in [0.3, 0.4) is 0 Å². The van der Waals surface area contributed by atoms with Crippen LogP contribution in [0.2, 0.25) is 10.0 Å². The summed E-state index contributed by atoms with van der Waals surface area (Å²) in [4.78, 5) is 28.1. The van der Waals surface area contributed by atoms with E-state index in [9.17, 15) is 15.0 Å². The lowest BCUT2D eigenvalue weighted by atomic mass is 9.81. The first-order valence-electron chi connectivity index (χ1n) is 13.0. The Labute approximate surface area is 247 Å². The number of nitrogens with zero attached hydrogens (tertiary/aromatic N) is 4. The molecule has 2 aromatic heterocycles. The third-order valence-electron chi connectivity index (χ3n) is 7.60. The predicted molar refractivity (Wildman–Crippen MR) is 156 cm³/mol. The molecule has 3 N–H and O–H groups in total. The first kappa shape index (κ1) is 29.3. The molecule has 2 saturated heterocycles. The molecule has 2 aliphatic rings. The number of nitrogens with one attached hydrogen (secondary N) is 1. The molecule has 4 heterocycles. The number of rotatable bonds is 11. The second-order valence-corrected chi connectivity index (χ2v) is 11.1. The standard InChI is InChI=1S/C28H31Cl2N5O6/c1-4-17(38)5-16-9-41-10-19(16)33-27-31-8-15-6-18(22-23(29)20(39-2)7-21(40-3)24(22)30)32-26(25(15)34-27)35-11-28(12-35,13-36)14-37/h4,6-8,16,19,36-37H,1,5,9-14H2,2-3H3,(H,31,33,34)/t16-,19+/m0/s1. The highest BCUT2D eigenvalue weighted by Gasteiger charge is 2.44. The second-order valence-electron chi connectivity index (χ2n) is 10.3. The van der Waals surface area contributed by atoms with Gasteiger partial charge in [-0.15, -0.1) is 0 Å². The number of ether oxygens (including phenoxy) is 3. The Morgan fingerprint density at radius 3 is 2.46 bits per heavy atom. The molecule has 2 aliphatic heterocycles. The maximum absolute atomic E-state index is 12.0. The number of pyridine rings is 1. The van der Waals surface area contributed by atoms with E-state index in [2.05, 4.69) is 16.9 Å². The van der Waals surface area contributed by atoms with Crippen LogP contribution in [-0.2, 0) is 9.53 Å². The number of aromatic nitrogens is 3. The zero-order chi connectivity index (χ0) is 29.3. The van der Waals surface area contributed by atoms with Gasteiger partial charge in [-0.25, -0.2) is 15.0 Å². The van der Waals surface area contributed by atoms with Gasteiger partial charge in [-0.2, -0.15) is 0 Å². The minimum Gasteiger partial charge on any atom is -0.495 e. The van der Waals surface area contributed by atoms with Crippen molar-refractivity contribution in [2.75, 3.05) is 64.0 Å². The molecule has 2 atom stereocenters. The topological polar surface area (TPSA) is 139 Å².